The molecule has 0 aliphatic rings. The predicted octanol–water partition coefficient (Wildman–Crippen LogP) is 2.96. The monoisotopic (exact) mass is 265 g/mol. The number of hydrogen-bond acceptors (Lipinski definition) is 3. The van der Waals surface area contributed by atoms with E-state index in [2.05, 4.69) is 0 Å². The fourth-order valence-corrected chi connectivity index (χ4v) is 2.18. The van der Waals surface area contributed by atoms with Crippen LogP contribution in [0.25, 0.3) is 0 Å². The quantitative estimate of drug-likeness (QED) is 0.821. The summed E-state index contributed by atoms with van der Waals surface area (Å²) in [6.07, 6.45) is 0. The van der Waals surface area contributed by atoms with Gasteiger partial charge in [0.15, 0.2) is 11.5 Å². The molecule has 0 N–H and O–H groups in total. The lowest BCUT2D eigenvalue weighted by molar-refractivity contribution is 0.0643. The molecule has 0 saturated carbocycles. The van der Waals surface area contributed by atoms with Gasteiger partial charge in [0, 0.05) is 17.6 Å². The van der Waals surface area contributed by atoms with E-state index in [0.717, 1.165) is 0 Å². The largest absolute Gasteiger partial charge is 0.493 e. The summed E-state index contributed by atoms with van der Waals surface area (Å²) in [4.78, 5) is 14.4. The van der Waals surface area contributed by atoms with Crippen LogP contribution in [0.2, 0.25) is 0 Å². The maximum atomic E-state index is 12.5. The fourth-order valence-electron chi connectivity index (χ4n) is 2.18. The normalized spacial score (nSPS) is 10.7. The Bertz CT molecular complexity index is 433. The molecule has 1 rings (SSSR count). The third kappa shape index (κ3) is 3.40. The number of amides is 1. The zero-order valence-corrected chi connectivity index (χ0v) is 12.6. The van der Waals surface area contributed by atoms with Crippen LogP contribution in [0.1, 0.15) is 38.1 Å². The molecule has 0 aliphatic carbocycles. The highest BCUT2D eigenvalue weighted by Gasteiger charge is 2.22. The van der Waals surface area contributed by atoms with E-state index in [4.69, 9.17) is 9.47 Å². The zero-order valence-electron chi connectivity index (χ0n) is 12.6. The van der Waals surface area contributed by atoms with E-state index in [0.29, 0.717) is 17.1 Å². The molecule has 0 heterocycles. The standard InChI is InChI=1S/C15H23NO3/c1-10(2)16(11(3)4)15(17)12-7-8-13(18-5)14(9-12)19-6/h7-11H,1-6H3. The van der Waals surface area contributed by atoms with Crippen molar-refractivity contribution >= 4 is 5.91 Å². The van der Waals surface area contributed by atoms with Crippen molar-refractivity contribution in [2.45, 2.75) is 39.8 Å². The Morgan fingerprint density at radius 1 is 1.00 bits per heavy atom. The lowest BCUT2D eigenvalue weighted by Crippen LogP contribution is -2.42. The number of carbonyl (C=O) groups excluding carboxylic acids is 1. The Morgan fingerprint density at radius 3 is 1.95 bits per heavy atom. The van der Waals surface area contributed by atoms with Crippen molar-refractivity contribution < 1.29 is 14.3 Å². The average molecular weight is 265 g/mol. The Morgan fingerprint density at radius 2 is 1.53 bits per heavy atom. The minimum absolute atomic E-state index is 0.00551. The molecular formula is C15H23NO3. The molecule has 0 unspecified atom stereocenters. The molecule has 0 bridgehead atoms. The number of hydrogen-bond donors (Lipinski definition) is 0. The lowest BCUT2D eigenvalue weighted by atomic mass is 10.1. The van der Waals surface area contributed by atoms with Crippen LogP contribution in [0.5, 0.6) is 11.5 Å². The molecule has 0 saturated heterocycles. The number of rotatable bonds is 5. The van der Waals surface area contributed by atoms with Gasteiger partial charge in [-0.15, -0.1) is 0 Å². The first-order chi connectivity index (χ1) is 8.92. The maximum absolute atomic E-state index is 12.5. The van der Waals surface area contributed by atoms with Crippen molar-refractivity contribution in [3.63, 3.8) is 0 Å². The number of nitrogens with zero attached hydrogens (tertiary/aromatic N) is 1. The second-order valence-corrected chi connectivity index (χ2v) is 4.97. The highest BCUT2D eigenvalue weighted by molar-refractivity contribution is 5.95. The van der Waals surface area contributed by atoms with E-state index in [1.165, 1.54) is 0 Å². The summed E-state index contributed by atoms with van der Waals surface area (Å²) in [6, 6.07) is 5.55. The molecule has 0 atom stereocenters. The van der Waals surface area contributed by atoms with Crippen LogP contribution in [-0.4, -0.2) is 37.1 Å². The highest BCUT2D eigenvalue weighted by Crippen LogP contribution is 2.28. The minimum Gasteiger partial charge on any atom is -0.493 e. The molecule has 4 nitrogen and oxygen atoms in total. The molecular weight excluding hydrogens is 242 g/mol. The molecule has 19 heavy (non-hydrogen) atoms. The second kappa shape index (κ2) is 6.45. The summed E-state index contributed by atoms with van der Waals surface area (Å²) >= 11 is 0. The van der Waals surface area contributed by atoms with Crippen LogP contribution in [-0.2, 0) is 0 Å². The Kier molecular flexibility index (Phi) is 5.21. The van der Waals surface area contributed by atoms with E-state index in [1.54, 1.807) is 32.4 Å². The van der Waals surface area contributed by atoms with E-state index in [9.17, 15) is 4.79 Å². The third-order valence-electron chi connectivity index (χ3n) is 2.98. The summed E-state index contributed by atoms with van der Waals surface area (Å²) in [6.45, 7) is 8.05. The SMILES string of the molecule is COc1ccc(C(=O)N(C(C)C)C(C)C)cc1OC. The number of ether oxygens (including phenoxy) is 2. The first-order valence-corrected chi connectivity index (χ1v) is 6.47. The van der Waals surface area contributed by atoms with Crippen LogP contribution in [0.4, 0.5) is 0 Å². The third-order valence-corrected chi connectivity index (χ3v) is 2.98. The molecule has 1 amide bonds. The molecule has 0 aromatic heterocycles. The van der Waals surface area contributed by atoms with Crippen LogP contribution in [0.15, 0.2) is 18.2 Å². The van der Waals surface area contributed by atoms with Gasteiger partial charge in [0.1, 0.15) is 0 Å². The summed E-state index contributed by atoms with van der Waals surface area (Å²) < 4.78 is 10.4. The topological polar surface area (TPSA) is 38.8 Å². The number of benzene rings is 1. The first kappa shape index (κ1) is 15.3. The van der Waals surface area contributed by atoms with E-state index >= 15 is 0 Å². The molecule has 106 valence electrons. The first-order valence-electron chi connectivity index (χ1n) is 6.47. The van der Waals surface area contributed by atoms with E-state index in [1.807, 2.05) is 32.6 Å². The Hall–Kier alpha value is -1.71. The predicted molar refractivity (Wildman–Crippen MR) is 76.0 cm³/mol. The fraction of sp³-hybridized carbons (Fsp3) is 0.533. The number of methoxy groups -OCH3 is 2. The van der Waals surface area contributed by atoms with Gasteiger partial charge in [-0.05, 0) is 45.9 Å². The van der Waals surface area contributed by atoms with Gasteiger partial charge in [-0.25, -0.2) is 0 Å². The zero-order chi connectivity index (χ0) is 14.6. The minimum atomic E-state index is 0.00551. The molecule has 0 spiro atoms. The van der Waals surface area contributed by atoms with Gasteiger partial charge in [0.05, 0.1) is 14.2 Å². The maximum Gasteiger partial charge on any atom is 0.254 e. The van der Waals surface area contributed by atoms with Gasteiger partial charge in [-0.2, -0.15) is 0 Å². The number of carbonyl (C=O) groups is 1. The molecule has 0 radical (unpaired) electrons. The van der Waals surface area contributed by atoms with E-state index in [-0.39, 0.29) is 18.0 Å². The molecule has 1 aromatic carbocycles. The smallest absolute Gasteiger partial charge is 0.254 e. The molecule has 4 heteroatoms. The average Bonchev–Trinajstić information content (AvgIpc) is 2.36. The van der Waals surface area contributed by atoms with Gasteiger partial charge in [-0.1, -0.05) is 0 Å². The molecule has 1 aromatic rings. The van der Waals surface area contributed by atoms with Crippen molar-refractivity contribution in [2.75, 3.05) is 14.2 Å². The molecule has 0 fully saturated rings. The van der Waals surface area contributed by atoms with Gasteiger partial charge < -0.3 is 14.4 Å². The summed E-state index contributed by atoms with van der Waals surface area (Å²) in [5.41, 5.74) is 0.611. The van der Waals surface area contributed by atoms with Crippen LogP contribution in [0.3, 0.4) is 0 Å². The van der Waals surface area contributed by atoms with Crippen molar-refractivity contribution in [2.24, 2.45) is 0 Å². The van der Waals surface area contributed by atoms with Crippen LogP contribution >= 0.6 is 0 Å². The Balaban J connectivity index is 3.12. The van der Waals surface area contributed by atoms with Gasteiger partial charge in [0.25, 0.3) is 5.91 Å². The summed E-state index contributed by atoms with van der Waals surface area (Å²) in [5, 5.41) is 0. The van der Waals surface area contributed by atoms with Crippen molar-refractivity contribution in [3.05, 3.63) is 23.8 Å². The summed E-state index contributed by atoms with van der Waals surface area (Å²) in [5.74, 6) is 1.20. The van der Waals surface area contributed by atoms with Crippen molar-refractivity contribution in [1.82, 2.24) is 4.90 Å². The van der Waals surface area contributed by atoms with Crippen LogP contribution in [0, 0.1) is 0 Å². The van der Waals surface area contributed by atoms with Gasteiger partial charge >= 0.3 is 0 Å². The summed E-state index contributed by atoms with van der Waals surface area (Å²) in [7, 11) is 3.14. The van der Waals surface area contributed by atoms with E-state index < -0.39 is 0 Å². The molecule has 0 aliphatic heterocycles. The van der Waals surface area contributed by atoms with Gasteiger partial charge in [0.2, 0.25) is 0 Å². The highest BCUT2D eigenvalue weighted by atomic mass is 16.5. The second-order valence-electron chi connectivity index (χ2n) is 4.97. The van der Waals surface area contributed by atoms with Crippen molar-refractivity contribution in [1.29, 1.82) is 0 Å². The Labute approximate surface area is 115 Å². The van der Waals surface area contributed by atoms with Crippen molar-refractivity contribution in [3.8, 4) is 11.5 Å². The van der Waals surface area contributed by atoms with Crippen LogP contribution < -0.4 is 9.47 Å². The van der Waals surface area contributed by atoms with Gasteiger partial charge in [-0.3, -0.25) is 4.79 Å². The lowest BCUT2D eigenvalue weighted by Gasteiger charge is -2.31.